The highest BCUT2D eigenvalue weighted by atomic mass is 16.6. The Morgan fingerprint density at radius 2 is 1.91 bits per heavy atom. The maximum atomic E-state index is 12.3. The first-order chi connectivity index (χ1) is 10.1. The second-order valence-electron chi connectivity index (χ2n) is 7.32. The molecule has 0 saturated heterocycles. The number of nitrogens with zero attached hydrogens (tertiary/aromatic N) is 3. The Morgan fingerprint density at radius 1 is 1.23 bits per heavy atom. The van der Waals surface area contributed by atoms with E-state index in [4.69, 9.17) is 4.74 Å². The highest BCUT2D eigenvalue weighted by molar-refractivity contribution is 5.69. The quantitative estimate of drug-likeness (QED) is 0.820. The molecular formula is C16H30N4O2. The third-order valence-corrected chi connectivity index (χ3v) is 3.01. The molecule has 1 aromatic rings. The number of rotatable bonds is 6. The molecule has 0 aromatic carbocycles. The van der Waals surface area contributed by atoms with Crippen molar-refractivity contribution in [2.24, 2.45) is 0 Å². The molecule has 1 N–H and O–H groups in total. The van der Waals surface area contributed by atoms with Gasteiger partial charge >= 0.3 is 6.09 Å². The summed E-state index contributed by atoms with van der Waals surface area (Å²) in [5, 5.41) is 7.48. The van der Waals surface area contributed by atoms with Crippen molar-refractivity contribution in [1.82, 2.24) is 20.0 Å². The summed E-state index contributed by atoms with van der Waals surface area (Å²) in [6.45, 7) is 14.6. The molecule has 0 spiro atoms. The molecule has 126 valence electrons. The molecule has 0 fully saturated rings. The third-order valence-electron chi connectivity index (χ3n) is 3.01. The van der Waals surface area contributed by atoms with E-state index in [1.165, 1.54) is 0 Å². The fraction of sp³-hybridized carbons (Fsp3) is 0.750. The summed E-state index contributed by atoms with van der Waals surface area (Å²) in [5.74, 6) is 0. The molecular weight excluding hydrogens is 280 g/mol. The van der Waals surface area contributed by atoms with Gasteiger partial charge in [-0.2, -0.15) is 5.10 Å². The summed E-state index contributed by atoms with van der Waals surface area (Å²) in [7, 11) is 0. The maximum absolute atomic E-state index is 12.3. The van der Waals surface area contributed by atoms with Crippen LogP contribution in [0.5, 0.6) is 0 Å². The SMILES string of the molecule is CC(C)(C)OC(=O)N(CCNCCn1cccn1)C(C)(C)C. The molecule has 0 radical (unpaired) electrons. The zero-order valence-corrected chi connectivity index (χ0v) is 14.7. The number of carbonyl (C=O) groups excluding carboxylic acids is 1. The highest BCUT2D eigenvalue weighted by Crippen LogP contribution is 2.17. The summed E-state index contributed by atoms with van der Waals surface area (Å²) in [6.07, 6.45) is 3.43. The molecule has 1 rings (SSSR count). The Balaban J connectivity index is 2.40. The monoisotopic (exact) mass is 310 g/mol. The van der Waals surface area contributed by atoms with Crippen molar-refractivity contribution in [3.63, 3.8) is 0 Å². The lowest BCUT2D eigenvalue weighted by molar-refractivity contribution is 0.00664. The van der Waals surface area contributed by atoms with Gasteiger partial charge in [-0.3, -0.25) is 4.68 Å². The van der Waals surface area contributed by atoms with Gasteiger partial charge in [-0.1, -0.05) is 0 Å². The molecule has 1 heterocycles. The first kappa shape index (κ1) is 18.5. The van der Waals surface area contributed by atoms with Gasteiger partial charge in [0.2, 0.25) is 0 Å². The van der Waals surface area contributed by atoms with Crippen LogP contribution in [0.25, 0.3) is 0 Å². The Labute approximate surface area is 133 Å². The summed E-state index contributed by atoms with van der Waals surface area (Å²) < 4.78 is 7.36. The van der Waals surface area contributed by atoms with E-state index in [-0.39, 0.29) is 11.6 Å². The van der Waals surface area contributed by atoms with Crippen molar-refractivity contribution in [3.05, 3.63) is 18.5 Å². The average molecular weight is 310 g/mol. The fourth-order valence-electron chi connectivity index (χ4n) is 1.96. The Kier molecular flexibility index (Phi) is 6.41. The molecule has 0 atom stereocenters. The zero-order chi connectivity index (χ0) is 16.8. The predicted octanol–water partition coefficient (Wildman–Crippen LogP) is 2.51. The third kappa shape index (κ3) is 6.93. The van der Waals surface area contributed by atoms with Crippen LogP contribution in [-0.4, -0.2) is 51.5 Å². The van der Waals surface area contributed by atoms with Crippen LogP contribution >= 0.6 is 0 Å². The largest absolute Gasteiger partial charge is 0.444 e. The topological polar surface area (TPSA) is 59.4 Å². The zero-order valence-electron chi connectivity index (χ0n) is 14.7. The van der Waals surface area contributed by atoms with Crippen molar-refractivity contribution in [2.45, 2.75) is 59.2 Å². The van der Waals surface area contributed by atoms with Crippen LogP contribution in [0.15, 0.2) is 18.5 Å². The van der Waals surface area contributed by atoms with E-state index in [0.29, 0.717) is 6.54 Å². The van der Waals surface area contributed by atoms with Gasteiger partial charge in [0.1, 0.15) is 5.60 Å². The number of amides is 1. The van der Waals surface area contributed by atoms with Gasteiger partial charge in [-0.25, -0.2) is 4.79 Å². The first-order valence-corrected chi connectivity index (χ1v) is 7.78. The standard InChI is InChI=1S/C16H30N4O2/c1-15(2,3)20(14(21)22-16(4,5)6)13-10-17-9-12-19-11-7-8-18-19/h7-8,11,17H,9-10,12-13H2,1-6H3. The minimum Gasteiger partial charge on any atom is -0.444 e. The molecule has 0 unspecified atom stereocenters. The molecule has 0 aliphatic rings. The lowest BCUT2D eigenvalue weighted by Gasteiger charge is -2.36. The number of hydrogen-bond acceptors (Lipinski definition) is 4. The molecule has 6 heteroatoms. The maximum Gasteiger partial charge on any atom is 0.410 e. The Morgan fingerprint density at radius 3 is 2.41 bits per heavy atom. The molecule has 22 heavy (non-hydrogen) atoms. The molecule has 0 aliphatic carbocycles. The van der Waals surface area contributed by atoms with E-state index in [2.05, 4.69) is 10.4 Å². The summed E-state index contributed by atoms with van der Waals surface area (Å²) in [4.78, 5) is 14.1. The van der Waals surface area contributed by atoms with Crippen LogP contribution < -0.4 is 5.32 Å². The van der Waals surface area contributed by atoms with E-state index >= 15 is 0 Å². The lowest BCUT2D eigenvalue weighted by atomic mass is 10.1. The number of carbonyl (C=O) groups is 1. The van der Waals surface area contributed by atoms with Crippen molar-refractivity contribution in [1.29, 1.82) is 0 Å². The van der Waals surface area contributed by atoms with Gasteiger partial charge in [0, 0.05) is 37.6 Å². The van der Waals surface area contributed by atoms with E-state index in [0.717, 1.165) is 19.6 Å². The van der Waals surface area contributed by atoms with Gasteiger partial charge in [0.15, 0.2) is 0 Å². The summed E-state index contributed by atoms with van der Waals surface area (Å²) in [5.41, 5.74) is -0.750. The van der Waals surface area contributed by atoms with Crippen LogP contribution in [0.1, 0.15) is 41.5 Å². The van der Waals surface area contributed by atoms with Crippen LogP contribution in [-0.2, 0) is 11.3 Å². The number of hydrogen-bond donors (Lipinski definition) is 1. The normalized spacial score (nSPS) is 12.3. The Bertz CT molecular complexity index is 444. The second-order valence-corrected chi connectivity index (χ2v) is 7.32. The smallest absolute Gasteiger partial charge is 0.410 e. The van der Waals surface area contributed by atoms with Crippen LogP contribution in [0.2, 0.25) is 0 Å². The molecule has 1 aromatic heterocycles. The van der Waals surface area contributed by atoms with Crippen LogP contribution in [0, 0.1) is 0 Å². The minimum atomic E-state index is -0.478. The number of aromatic nitrogens is 2. The van der Waals surface area contributed by atoms with Gasteiger partial charge in [0.25, 0.3) is 0 Å². The molecule has 1 amide bonds. The van der Waals surface area contributed by atoms with Crippen molar-refractivity contribution in [2.75, 3.05) is 19.6 Å². The Hall–Kier alpha value is -1.56. The molecule has 0 saturated carbocycles. The lowest BCUT2D eigenvalue weighted by Crippen LogP contribution is -2.50. The second kappa shape index (κ2) is 7.63. The van der Waals surface area contributed by atoms with E-state index in [1.807, 2.05) is 58.5 Å². The molecule has 0 bridgehead atoms. The van der Waals surface area contributed by atoms with Crippen LogP contribution in [0.3, 0.4) is 0 Å². The molecule has 0 aliphatic heterocycles. The predicted molar refractivity (Wildman–Crippen MR) is 87.8 cm³/mol. The number of nitrogens with one attached hydrogen (secondary N) is 1. The van der Waals surface area contributed by atoms with E-state index in [9.17, 15) is 4.79 Å². The summed E-state index contributed by atoms with van der Waals surface area (Å²) in [6, 6.07) is 1.91. The first-order valence-electron chi connectivity index (χ1n) is 7.78. The minimum absolute atomic E-state index is 0.270. The highest BCUT2D eigenvalue weighted by Gasteiger charge is 2.30. The average Bonchev–Trinajstić information content (AvgIpc) is 2.82. The molecule has 6 nitrogen and oxygen atoms in total. The van der Waals surface area contributed by atoms with E-state index in [1.54, 1.807) is 11.1 Å². The van der Waals surface area contributed by atoms with Crippen LogP contribution in [0.4, 0.5) is 4.79 Å². The van der Waals surface area contributed by atoms with Gasteiger partial charge < -0.3 is 15.0 Å². The fourth-order valence-corrected chi connectivity index (χ4v) is 1.96. The van der Waals surface area contributed by atoms with Gasteiger partial charge in [-0.05, 0) is 47.6 Å². The summed E-state index contributed by atoms with van der Waals surface area (Å²) >= 11 is 0. The van der Waals surface area contributed by atoms with Crippen molar-refractivity contribution in [3.8, 4) is 0 Å². The van der Waals surface area contributed by atoms with Crippen molar-refractivity contribution >= 4 is 6.09 Å². The van der Waals surface area contributed by atoms with E-state index < -0.39 is 5.60 Å². The number of ether oxygens (including phenoxy) is 1. The van der Waals surface area contributed by atoms with Gasteiger partial charge in [0.05, 0.1) is 6.54 Å². The van der Waals surface area contributed by atoms with Crippen molar-refractivity contribution < 1.29 is 9.53 Å². The van der Waals surface area contributed by atoms with Gasteiger partial charge in [-0.15, -0.1) is 0 Å².